The molecule has 0 radical (unpaired) electrons. The highest BCUT2D eigenvalue weighted by Crippen LogP contribution is 2.03. The van der Waals surface area contributed by atoms with E-state index in [2.05, 4.69) is 20.8 Å². The summed E-state index contributed by atoms with van der Waals surface area (Å²) in [4.78, 5) is 0. The summed E-state index contributed by atoms with van der Waals surface area (Å²) in [7, 11) is 1.83. The maximum Gasteiger partial charge on any atom is 0.315 e. The standard InChI is InChI=1S/C6H12N4O/c1-3-8-6-10-9-5(11-6)4-7-2/h7H,3-4H2,1-2H3,(H,8,10). The van der Waals surface area contributed by atoms with E-state index in [1.165, 1.54) is 0 Å². The number of hydrogen-bond donors (Lipinski definition) is 2. The third-order valence-electron chi connectivity index (χ3n) is 1.12. The predicted molar refractivity (Wildman–Crippen MR) is 41.2 cm³/mol. The Kier molecular flexibility index (Phi) is 2.85. The van der Waals surface area contributed by atoms with Crippen molar-refractivity contribution in [1.82, 2.24) is 15.5 Å². The molecule has 0 amide bonds. The van der Waals surface area contributed by atoms with Crippen molar-refractivity contribution >= 4 is 6.01 Å². The SMILES string of the molecule is CCNc1nnc(CNC)o1. The van der Waals surface area contributed by atoms with Crippen LogP contribution in [0.25, 0.3) is 0 Å². The smallest absolute Gasteiger partial charge is 0.315 e. The van der Waals surface area contributed by atoms with Crippen molar-refractivity contribution < 1.29 is 4.42 Å². The van der Waals surface area contributed by atoms with Crippen LogP contribution in [-0.4, -0.2) is 23.8 Å². The number of nitrogens with one attached hydrogen (secondary N) is 2. The molecule has 0 spiro atoms. The first kappa shape index (κ1) is 8.00. The average Bonchev–Trinajstić information content (AvgIpc) is 2.38. The molecule has 2 N–H and O–H groups in total. The van der Waals surface area contributed by atoms with Crippen LogP contribution in [0, 0.1) is 0 Å². The maximum absolute atomic E-state index is 5.17. The number of rotatable bonds is 4. The van der Waals surface area contributed by atoms with Crippen LogP contribution in [0.3, 0.4) is 0 Å². The van der Waals surface area contributed by atoms with Gasteiger partial charge >= 0.3 is 6.01 Å². The molecular formula is C6H12N4O. The average molecular weight is 156 g/mol. The van der Waals surface area contributed by atoms with Gasteiger partial charge in [0.2, 0.25) is 5.89 Å². The normalized spacial score (nSPS) is 10.0. The van der Waals surface area contributed by atoms with Crippen LogP contribution in [0.4, 0.5) is 6.01 Å². The van der Waals surface area contributed by atoms with E-state index in [1.54, 1.807) is 0 Å². The Bertz CT molecular complexity index is 190. The Hall–Kier alpha value is -1.10. The van der Waals surface area contributed by atoms with Gasteiger partial charge in [-0.1, -0.05) is 5.10 Å². The van der Waals surface area contributed by atoms with Crippen molar-refractivity contribution in [2.24, 2.45) is 0 Å². The van der Waals surface area contributed by atoms with E-state index in [0.29, 0.717) is 18.5 Å². The van der Waals surface area contributed by atoms with Gasteiger partial charge in [-0.3, -0.25) is 0 Å². The van der Waals surface area contributed by atoms with Gasteiger partial charge in [-0.2, -0.15) is 0 Å². The van der Waals surface area contributed by atoms with Crippen molar-refractivity contribution in [3.05, 3.63) is 5.89 Å². The predicted octanol–water partition coefficient (Wildman–Crippen LogP) is 0.221. The van der Waals surface area contributed by atoms with E-state index in [-0.39, 0.29) is 0 Å². The molecule has 0 aliphatic heterocycles. The molecule has 1 aromatic heterocycles. The number of anilines is 1. The quantitative estimate of drug-likeness (QED) is 0.653. The zero-order valence-corrected chi connectivity index (χ0v) is 6.72. The molecule has 5 nitrogen and oxygen atoms in total. The van der Waals surface area contributed by atoms with Gasteiger partial charge in [-0.15, -0.1) is 5.10 Å². The molecule has 0 aliphatic carbocycles. The summed E-state index contributed by atoms with van der Waals surface area (Å²) in [6, 6.07) is 0.484. The zero-order valence-electron chi connectivity index (χ0n) is 6.72. The first-order valence-electron chi connectivity index (χ1n) is 3.57. The third kappa shape index (κ3) is 2.19. The maximum atomic E-state index is 5.17. The molecule has 0 aromatic carbocycles. The first-order chi connectivity index (χ1) is 5.36. The molecular weight excluding hydrogens is 144 g/mol. The van der Waals surface area contributed by atoms with Gasteiger partial charge in [-0.25, -0.2) is 0 Å². The van der Waals surface area contributed by atoms with E-state index < -0.39 is 0 Å². The summed E-state index contributed by atoms with van der Waals surface area (Å²) < 4.78 is 5.17. The number of nitrogens with zero attached hydrogens (tertiary/aromatic N) is 2. The fourth-order valence-corrected chi connectivity index (χ4v) is 0.699. The highest BCUT2D eigenvalue weighted by Gasteiger charge is 2.01. The zero-order chi connectivity index (χ0) is 8.10. The van der Waals surface area contributed by atoms with Gasteiger partial charge in [0.25, 0.3) is 0 Å². The lowest BCUT2D eigenvalue weighted by molar-refractivity contribution is 0.490. The van der Waals surface area contributed by atoms with Crippen LogP contribution in [0.1, 0.15) is 12.8 Å². The van der Waals surface area contributed by atoms with Gasteiger partial charge in [0, 0.05) is 6.54 Å². The second-order valence-corrected chi connectivity index (χ2v) is 2.06. The van der Waals surface area contributed by atoms with E-state index in [4.69, 9.17) is 4.42 Å². The molecule has 0 aliphatic rings. The minimum Gasteiger partial charge on any atom is -0.407 e. The lowest BCUT2D eigenvalue weighted by Crippen LogP contribution is -2.04. The van der Waals surface area contributed by atoms with Gasteiger partial charge in [0.05, 0.1) is 6.54 Å². The molecule has 5 heteroatoms. The fourth-order valence-electron chi connectivity index (χ4n) is 0.699. The topological polar surface area (TPSA) is 63.0 Å². The largest absolute Gasteiger partial charge is 0.407 e. The Labute approximate surface area is 65.2 Å². The van der Waals surface area contributed by atoms with Crippen molar-refractivity contribution in [2.75, 3.05) is 18.9 Å². The third-order valence-corrected chi connectivity index (χ3v) is 1.12. The highest BCUT2D eigenvalue weighted by atomic mass is 16.4. The van der Waals surface area contributed by atoms with Crippen molar-refractivity contribution in [3.8, 4) is 0 Å². The van der Waals surface area contributed by atoms with Crippen LogP contribution >= 0.6 is 0 Å². The van der Waals surface area contributed by atoms with Gasteiger partial charge in [-0.05, 0) is 14.0 Å². The van der Waals surface area contributed by atoms with Crippen molar-refractivity contribution in [1.29, 1.82) is 0 Å². The molecule has 0 saturated heterocycles. The van der Waals surface area contributed by atoms with Gasteiger partial charge in [0.15, 0.2) is 0 Å². The second kappa shape index (κ2) is 3.92. The number of hydrogen-bond acceptors (Lipinski definition) is 5. The molecule has 0 atom stereocenters. The molecule has 0 bridgehead atoms. The summed E-state index contributed by atoms with van der Waals surface area (Å²) >= 11 is 0. The Balaban J connectivity index is 2.51. The lowest BCUT2D eigenvalue weighted by Gasteiger charge is -1.92. The van der Waals surface area contributed by atoms with Crippen LogP contribution in [0.15, 0.2) is 4.42 Å². The summed E-state index contributed by atoms with van der Waals surface area (Å²) in [6.45, 7) is 3.38. The monoisotopic (exact) mass is 156 g/mol. The van der Waals surface area contributed by atoms with Crippen LogP contribution in [-0.2, 0) is 6.54 Å². The van der Waals surface area contributed by atoms with E-state index >= 15 is 0 Å². The Morgan fingerprint density at radius 2 is 2.27 bits per heavy atom. The van der Waals surface area contributed by atoms with E-state index in [0.717, 1.165) is 6.54 Å². The molecule has 1 rings (SSSR count). The van der Waals surface area contributed by atoms with Gasteiger partial charge in [0.1, 0.15) is 0 Å². The van der Waals surface area contributed by atoms with Crippen molar-refractivity contribution in [2.45, 2.75) is 13.5 Å². The second-order valence-electron chi connectivity index (χ2n) is 2.06. The summed E-state index contributed by atoms with van der Waals surface area (Å²) in [5.74, 6) is 0.600. The lowest BCUT2D eigenvalue weighted by atomic mass is 10.6. The van der Waals surface area contributed by atoms with Crippen LogP contribution < -0.4 is 10.6 Å². The highest BCUT2D eigenvalue weighted by molar-refractivity contribution is 5.15. The van der Waals surface area contributed by atoms with E-state index in [9.17, 15) is 0 Å². The summed E-state index contributed by atoms with van der Waals surface area (Å²) in [5, 5.41) is 13.4. The molecule has 0 fully saturated rings. The summed E-state index contributed by atoms with van der Waals surface area (Å²) in [6.07, 6.45) is 0. The fraction of sp³-hybridized carbons (Fsp3) is 0.667. The van der Waals surface area contributed by atoms with E-state index in [1.807, 2.05) is 14.0 Å². The van der Waals surface area contributed by atoms with Crippen LogP contribution in [0.5, 0.6) is 0 Å². The Morgan fingerprint density at radius 1 is 1.45 bits per heavy atom. The molecule has 11 heavy (non-hydrogen) atoms. The molecule has 1 aromatic rings. The first-order valence-corrected chi connectivity index (χ1v) is 3.57. The molecule has 62 valence electrons. The van der Waals surface area contributed by atoms with Crippen LogP contribution in [0.2, 0.25) is 0 Å². The molecule has 1 heterocycles. The minimum atomic E-state index is 0.484. The van der Waals surface area contributed by atoms with Crippen molar-refractivity contribution in [3.63, 3.8) is 0 Å². The summed E-state index contributed by atoms with van der Waals surface area (Å²) in [5.41, 5.74) is 0. The Morgan fingerprint density at radius 3 is 2.91 bits per heavy atom. The minimum absolute atomic E-state index is 0.484. The number of aromatic nitrogens is 2. The molecule has 0 unspecified atom stereocenters. The molecule has 0 saturated carbocycles. The van der Waals surface area contributed by atoms with Gasteiger partial charge < -0.3 is 15.1 Å².